The van der Waals surface area contributed by atoms with E-state index in [9.17, 15) is 4.79 Å². The van der Waals surface area contributed by atoms with Gasteiger partial charge in [-0.25, -0.2) is 0 Å². The third-order valence-electron chi connectivity index (χ3n) is 2.87. The molecule has 0 unspecified atom stereocenters. The molecule has 0 amide bonds. The second kappa shape index (κ2) is 24.5. The lowest BCUT2D eigenvalue weighted by molar-refractivity contribution is -0.140. The number of carbonyl (C=O) groups excluding carboxylic acids is 1. The lowest BCUT2D eigenvalue weighted by Gasteiger charge is -2.00. The van der Waals surface area contributed by atoms with Gasteiger partial charge in [-0.3, -0.25) is 4.79 Å². The van der Waals surface area contributed by atoms with Gasteiger partial charge in [-0.15, -0.1) is 0 Å². The van der Waals surface area contributed by atoms with Crippen molar-refractivity contribution in [3.63, 3.8) is 0 Å². The van der Waals surface area contributed by atoms with E-state index >= 15 is 0 Å². The summed E-state index contributed by atoms with van der Waals surface area (Å²) >= 11 is 12.0. The van der Waals surface area contributed by atoms with E-state index in [-0.39, 0.29) is 5.97 Å². The summed E-state index contributed by atoms with van der Waals surface area (Å²) in [6.45, 7) is 0. The van der Waals surface area contributed by atoms with E-state index < -0.39 is 0 Å². The summed E-state index contributed by atoms with van der Waals surface area (Å²) in [5, 5.41) is 3.44. The van der Waals surface area contributed by atoms with Crippen molar-refractivity contribution in [1.29, 1.82) is 0 Å². The number of unbranched alkanes of at least 4 members (excludes halogenated alkanes) is 6. The molecule has 0 aromatic carbocycles. The Bertz CT molecular complexity index is 214. The zero-order valence-corrected chi connectivity index (χ0v) is 19.3. The summed E-state index contributed by atoms with van der Waals surface area (Å²) < 4.78 is 4.55. The van der Waals surface area contributed by atoms with E-state index in [0.717, 1.165) is 21.7 Å². The van der Waals surface area contributed by atoms with E-state index in [1.807, 2.05) is 11.8 Å². The predicted octanol–water partition coefficient (Wildman–Crippen LogP) is 6.57. The van der Waals surface area contributed by atoms with Crippen molar-refractivity contribution in [2.24, 2.45) is 0 Å². The lowest BCUT2D eigenvalue weighted by atomic mass is 10.2. The third kappa shape index (κ3) is 26.2. The van der Waals surface area contributed by atoms with Gasteiger partial charge in [0, 0.05) is 21.7 Å². The molecular formula is C16H31Br3O2S. The highest BCUT2D eigenvalue weighted by atomic mass is 79.9. The van der Waals surface area contributed by atoms with Gasteiger partial charge >= 0.3 is 5.97 Å². The first kappa shape index (κ1) is 25.5. The molecule has 0 radical (unpaired) electrons. The molecule has 0 spiro atoms. The molecule has 0 aliphatic rings. The minimum Gasteiger partial charge on any atom is -0.469 e. The van der Waals surface area contributed by atoms with E-state index in [1.54, 1.807) is 0 Å². The molecule has 0 aromatic heterocycles. The van der Waals surface area contributed by atoms with Crippen LogP contribution in [0.4, 0.5) is 0 Å². The summed E-state index contributed by atoms with van der Waals surface area (Å²) in [4.78, 5) is 10.7. The van der Waals surface area contributed by atoms with Gasteiger partial charge in [0.1, 0.15) is 0 Å². The van der Waals surface area contributed by atoms with Gasteiger partial charge in [-0.05, 0) is 31.4 Å². The summed E-state index contributed by atoms with van der Waals surface area (Å²) in [6, 6.07) is 0. The summed E-state index contributed by atoms with van der Waals surface area (Å²) in [5.74, 6) is 1.96. The molecule has 0 aromatic rings. The van der Waals surface area contributed by atoms with Gasteiger partial charge in [0.15, 0.2) is 0 Å². The summed E-state index contributed by atoms with van der Waals surface area (Å²) in [6.07, 6.45) is 11.1. The van der Waals surface area contributed by atoms with Crippen molar-refractivity contribution in [2.75, 3.05) is 34.6 Å². The Hall–Kier alpha value is 1.26. The molecule has 22 heavy (non-hydrogen) atoms. The number of carbonyl (C=O) groups is 1. The fraction of sp³-hybridized carbons (Fsp3) is 0.938. The monoisotopic (exact) mass is 524 g/mol. The number of ether oxygens (including phenoxy) is 1. The standard InChI is InChI=1S/C10H19BrO2S.C6H12Br2/c1-13-10(12)6-9-14-8-5-3-2-4-7-11;7-5-3-1-2-4-6-8/h2-9H2,1H3;1-6H2. The number of esters is 1. The average molecular weight is 527 g/mol. The van der Waals surface area contributed by atoms with Gasteiger partial charge in [0.2, 0.25) is 0 Å². The van der Waals surface area contributed by atoms with Crippen molar-refractivity contribution in [3.05, 3.63) is 0 Å². The number of hydrogen-bond donors (Lipinski definition) is 0. The number of methoxy groups -OCH3 is 1. The second-order valence-corrected chi connectivity index (χ2v) is 8.44. The molecule has 134 valence electrons. The molecule has 0 fully saturated rings. The molecule has 0 aliphatic carbocycles. The fourth-order valence-electron chi connectivity index (χ4n) is 1.55. The molecule has 0 aliphatic heterocycles. The number of rotatable bonds is 14. The molecule has 0 atom stereocenters. The normalized spacial score (nSPS) is 10.0. The first-order chi connectivity index (χ1) is 10.7. The Morgan fingerprint density at radius 2 is 1.23 bits per heavy atom. The maximum absolute atomic E-state index is 10.7. The summed E-state index contributed by atoms with van der Waals surface area (Å²) in [7, 11) is 1.44. The molecule has 2 nitrogen and oxygen atoms in total. The smallest absolute Gasteiger partial charge is 0.306 e. The zero-order valence-electron chi connectivity index (χ0n) is 13.8. The van der Waals surface area contributed by atoms with Crippen LogP contribution in [-0.4, -0.2) is 40.6 Å². The number of hydrogen-bond acceptors (Lipinski definition) is 3. The highest BCUT2D eigenvalue weighted by molar-refractivity contribution is 9.09. The van der Waals surface area contributed by atoms with E-state index in [1.165, 1.54) is 64.2 Å². The van der Waals surface area contributed by atoms with Crippen molar-refractivity contribution < 1.29 is 9.53 Å². The van der Waals surface area contributed by atoms with Crippen molar-refractivity contribution in [2.45, 2.75) is 57.8 Å². The Balaban J connectivity index is 0. The number of halogens is 3. The Morgan fingerprint density at radius 1 is 0.773 bits per heavy atom. The highest BCUT2D eigenvalue weighted by Crippen LogP contribution is 2.09. The Labute approximate surface area is 166 Å². The second-order valence-electron chi connectivity index (χ2n) is 4.83. The molecule has 0 N–H and O–H groups in total. The summed E-state index contributed by atoms with van der Waals surface area (Å²) in [5.41, 5.74) is 0. The van der Waals surface area contributed by atoms with Crippen LogP contribution in [-0.2, 0) is 9.53 Å². The van der Waals surface area contributed by atoms with Crippen LogP contribution < -0.4 is 0 Å². The topological polar surface area (TPSA) is 26.3 Å². The Kier molecular flexibility index (Phi) is 28.4. The molecule has 0 bridgehead atoms. The maximum atomic E-state index is 10.7. The van der Waals surface area contributed by atoms with E-state index in [0.29, 0.717) is 6.42 Å². The quantitative estimate of drug-likeness (QED) is 0.145. The first-order valence-electron chi connectivity index (χ1n) is 8.05. The van der Waals surface area contributed by atoms with Gasteiger partial charge in [-0.2, -0.15) is 11.8 Å². The highest BCUT2D eigenvalue weighted by Gasteiger charge is 1.98. The lowest BCUT2D eigenvalue weighted by Crippen LogP contribution is -2.01. The molecule has 0 saturated heterocycles. The van der Waals surface area contributed by atoms with Crippen LogP contribution in [0.15, 0.2) is 0 Å². The van der Waals surface area contributed by atoms with Crippen molar-refractivity contribution in [3.8, 4) is 0 Å². The van der Waals surface area contributed by atoms with Crippen LogP contribution in [0.2, 0.25) is 0 Å². The van der Waals surface area contributed by atoms with Gasteiger partial charge in [-0.1, -0.05) is 73.5 Å². The molecular weight excluding hydrogens is 496 g/mol. The SMILES string of the molecule is BrCCCCCCBr.COC(=O)CCSCCCCCCBr. The number of thioether (sulfide) groups is 1. The largest absolute Gasteiger partial charge is 0.469 e. The van der Waals surface area contributed by atoms with Crippen LogP contribution in [0.3, 0.4) is 0 Å². The first-order valence-corrected chi connectivity index (χ1v) is 12.6. The minimum atomic E-state index is -0.100. The number of alkyl halides is 3. The van der Waals surface area contributed by atoms with Gasteiger partial charge < -0.3 is 4.74 Å². The fourth-order valence-corrected chi connectivity index (χ4v) is 3.67. The van der Waals surface area contributed by atoms with Crippen LogP contribution in [0.5, 0.6) is 0 Å². The molecule has 0 saturated carbocycles. The third-order valence-corrected chi connectivity index (χ3v) is 5.62. The van der Waals surface area contributed by atoms with Gasteiger partial charge in [0.05, 0.1) is 13.5 Å². The average Bonchev–Trinajstić information content (AvgIpc) is 2.54. The molecule has 6 heteroatoms. The van der Waals surface area contributed by atoms with E-state index in [4.69, 9.17) is 0 Å². The van der Waals surface area contributed by atoms with Crippen molar-refractivity contribution >= 4 is 65.5 Å². The van der Waals surface area contributed by atoms with Crippen LogP contribution in [0, 0.1) is 0 Å². The maximum Gasteiger partial charge on any atom is 0.306 e. The predicted molar refractivity (Wildman–Crippen MR) is 112 cm³/mol. The van der Waals surface area contributed by atoms with Crippen LogP contribution in [0.1, 0.15) is 57.8 Å². The van der Waals surface area contributed by atoms with Gasteiger partial charge in [0.25, 0.3) is 0 Å². The Morgan fingerprint density at radius 3 is 1.64 bits per heavy atom. The zero-order chi connectivity index (χ0) is 16.9. The van der Waals surface area contributed by atoms with E-state index in [2.05, 4.69) is 52.5 Å². The van der Waals surface area contributed by atoms with Crippen molar-refractivity contribution in [1.82, 2.24) is 0 Å². The van der Waals surface area contributed by atoms with Crippen LogP contribution in [0.25, 0.3) is 0 Å². The minimum absolute atomic E-state index is 0.100. The van der Waals surface area contributed by atoms with Crippen LogP contribution >= 0.6 is 59.6 Å². The molecule has 0 rings (SSSR count). The molecule has 0 heterocycles.